The molecule has 0 aliphatic rings. The van der Waals surface area contributed by atoms with E-state index in [0.29, 0.717) is 12.2 Å². The van der Waals surface area contributed by atoms with Gasteiger partial charge < -0.3 is 5.32 Å². The molecule has 0 aromatic carbocycles. The fourth-order valence-electron chi connectivity index (χ4n) is 0.779. The van der Waals surface area contributed by atoms with Gasteiger partial charge in [-0.1, -0.05) is 6.92 Å². The Morgan fingerprint density at radius 3 is 3.00 bits per heavy atom. The third-order valence-corrected chi connectivity index (χ3v) is 1.37. The number of aromatic nitrogens is 3. The molecule has 0 fully saturated rings. The summed E-state index contributed by atoms with van der Waals surface area (Å²) in [7, 11) is 1.68. The zero-order valence-electron chi connectivity index (χ0n) is 7.24. The van der Waals surface area contributed by atoms with E-state index in [9.17, 15) is 4.79 Å². The highest BCUT2D eigenvalue weighted by atomic mass is 16.2. The van der Waals surface area contributed by atoms with Gasteiger partial charge in [0.2, 0.25) is 0 Å². The summed E-state index contributed by atoms with van der Waals surface area (Å²) in [5, 5.41) is 10.4. The van der Waals surface area contributed by atoms with E-state index < -0.39 is 0 Å². The number of amides is 1. The Balaban J connectivity index is 2.53. The predicted octanol–water partition coefficient (Wildman–Crippen LogP) is -0.0451. The first-order valence-electron chi connectivity index (χ1n) is 3.88. The average molecular weight is 168 g/mol. The number of carbonyl (C=O) groups is 1. The molecular weight excluding hydrogens is 156 g/mol. The highest BCUT2D eigenvalue weighted by Crippen LogP contribution is 1.89. The lowest BCUT2D eigenvalue weighted by atomic mass is 10.4. The molecule has 1 amide bonds. The van der Waals surface area contributed by atoms with Gasteiger partial charge in [-0.25, -0.2) is 0 Å². The number of rotatable bonds is 3. The maximum atomic E-state index is 11.2. The third kappa shape index (κ3) is 2.05. The van der Waals surface area contributed by atoms with Gasteiger partial charge in [0.15, 0.2) is 5.69 Å². The quantitative estimate of drug-likeness (QED) is 0.688. The molecule has 1 N–H and O–H groups in total. The Morgan fingerprint density at radius 2 is 2.50 bits per heavy atom. The SMILES string of the molecule is CCCNC(=O)c1cnn(C)n1. The molecule has 0 aliphatic carbocycles. The van der Waals surface area contributed by atoms with Crippen molar-refractivity contribution in [2.75, 3.05) is 6.54 Å². The van der Waals surface area contributed by atoms with E-state index >= 15 is 0 Å². The van der Waals surface area contributed by atoms with E-state index in [2.05, 4.69) is 15.5 Å². The van der Waals surface area contributed by atoms with Crippen LogP contribution in [0.2, 0.25) is 0 Å². The van der Waals surface area contributed by atoms with Crippen molar-refractivity contribution in [3.63, 3.8) is 0 Å². The number of aryl methyl sites for hydroxylation is 1. The molecule has 12 heavy (non-hydrogen) atoms. The maximum absolute atomic E-state index is 11.2. The van der Waals surface area contributed by atoms with Crippen LogP contribution in [0.4, 0.5) is 0 Å². The van der Waals surface area contributed by atoms with E-state index in [-0.39, 0.29) is 5.91 Å². The number of nitrogens with one attached hydrogen (secondary N) is 1. The second-order valence-electron chi connectivity index (χ2n) is 2.48. The van der Waals surface area contributed by atoms with Crippen molar-refractivity contribution < 1.29 is 4.79 Å². The van der Waals surface area contributed by atoms with Crippen molar-refractivity contribution in [3.05, 3.63) is 11.9 Å². The number of hydrogen-bond donors (Lipinski definition) is 1. The van der Waals surface area contributed by atoms with Crippen molar-refractivity contribution in [3.8, 4) is 0 Å². The molecule has 5 nitrogen and oxygen atoms in total. The molecule has 66 valence electrons. The second kappa shape index (κ2) is 3.85. The molecule has 0 radical (unpaired) electrons. The largest absolute Gasteiger partial charge is 0.351 e. The standard InChI is InChI=1S/C7H12N4O/c1-3-4-8-7(12)6-5-9-11(2)10-6/h5H,3-4H2,1-2H3,(H,8,12). The topological polar surface area (TPSA) is 59.8 Å². The summed E-state index contributed by atoms with van der Waals surface area (Å²) in [4.78, 5) is 12.6. The fourth-order valence-corrected chi connectivity index (χ4v) is 0.779. The molecule has 0 unspecified atom stereocenters. The van der Waals surface area contributed by atoms with Gasteiger partial charge in [-0.2, -0.15) is 9.90 Å². The molecule has 0 bridgehead atoms. The minimum absolute atomic E-state index is 0.162. The molecule has 5 heteroatoms. The molecule has 1 rings (SSSR count). The van der Waals surface area contributed by atoms with Crippen LogP contribution in [-0.2, 0) is 7.05 Å². The van der Waals surface area contributed by atoms with Crippen molar-refractivity contribution in [2.24, 2.45) is 7.05 Å². The van der Waals surface area contributed by atoms with E-state index in [1.54, 1.807) is 7.05 Å². The van der Waals surface area contributed by atoms with Gasteiger partial charge in [-0.3, -0.25) is 4.79 Å². The van der Waals surface area contributed by atoms with Gasteiger partial charge in [0.25, 0.3) is 5.91 Å². The van der Waals surface area contributed by atoms with Crippen LogP contribution < -0.4 is 5.32 Å². The molecule has 0 atom stereocenters. The van der Waals surface area contributed by atoms with Crippen LogP contribution in [0.5, 0.6) is 0 Å². The lowest BCUT2D eigenvalue weighted by Crippen LogP contribution is -2.24. The van der Waals surface area contributed by atoms with Gasteiger partial charge in [0.1, 0.15) is 0 Å². The smallest absolute Gasteiger partial charge is 0.273 e. The lowest BCUT2D eigenvalue weighted by molar-refractivity contribution is 0.0948. The summed E-state index contributed by atoms with van der Waals surface area (Å²) >= 11 is 0. The van der Waals surface area contributed by atoms with Crippen LogP contribution in [0.3, 0.4) is 0 Å². The Kier molecular flexibility index (Phi) is 2.79. The molecule has 1 aromatic rings. The Morgan fingerprint density at radius 1 is 1.75 bits per heavy atom. The molecule has 0 saturated carbocycles. The van der Waals surface area contributed by atoms with Gasteiger partial charge in [0, 0.05) is 13.6 Å². The molecule has 1 aromatic heterocycles. The number of carbonyl (C=O) groups excluding carboxylic acids is 1. The first-order valence-corrected chi connectivity index (χ1v) is 3.88. The summed E-state index contributed by atoms with van der Waals surface area (Å²) in [6.07, 6.45) is 2.37. The highest BCUT2D eigenvalue weighted by Gasteiger charge is 2.07. The van der Waals surface area contributed by atoms with E-state index in [1.807, 2.05) is 6.92 Å². The zero-order valence-corrected chi connectivity index (χ0v) is 7.24. The Hall–Kier alpha value is -1.39. The summed E-state index contributed by atoms with van der Waals surface area (Å²) in [5.74, 6) is -0.162. The highest BCUT2D eigenvalue weighted by molar-refractivity contribution is 5.91. The van der Waals surface area contributed by atoms with Crippen LogP contribution in [0.1, 0.15) is 23.8 Å². The average Bonchev–Trinajstić information content (AvgIpc) is 2.47. The lowest BCUT2D eigenvalue weighted by Gasteiger charge is -1.97. The zero-order chi connectivity index (χ0) is 8.97. The number of nitrogens with zero attached hydrogens (tertiary/aromatic N) is 3. The van der Waals surface area contributed by atoms with Gasteiger partial charge in [-0.05, 0) is 6.42 Å². The minimum atomic E-state index is -0.162. The van der Waals surface area contributed by atoms with Crippen molar-refractivity contribution in [1.29, 1.82) is 0 Å². The summed E-state index contributed by atoms with van der Waals surface area (Å²) < 4.78 is 0. The van der Waals surface area contributed by atoms with Crippen LogP contribution in [-0.4, -0.2) is 27.4 Å². The number of hydrogen-bond acceptors (Lipinski definition) is 3. The van der Waals surface area contributed by atoms with Crippen LogP contribution in [0.25, 0.3) is 0 Å². The molecular formula is C7H12N4O. The van der Waals surface area contributed by atoms with E-state index in [4.69, 9.17) is 0 Å². The first kappa shape index (κ1) is 8.70. The van der Waals surface area contributed by atoms with E-state index in [0.717, 1.165) is 6.42 Å². The van der Waals surface area contributed by atoms with Crippen molar-refractivity contribution in [1.82, 2.24) is 20.3 Å². The normalized spacial score (nSPS) is 9.83. The molecule has 0 spiro atoms. The monoisotopic (exact) mass is 168 g/mol. The van der Waals surface area contributed by atoms with Crippen LogP contribution in [0.15, 0.2) is 6.20 Å². The van der Waals surface area contributed by atoms with Crippen molar-refractivity contribution in [2.45, 2.75) is 13.3 Å². The summed E-state index contributed by atoms with van der Waals surface area (Å²) in [6.45, 7) is 2.67. The fraction of sp³-hybridized carbons (Fsp3) is 0.571. The molecule has 1 heterocycles. The third-order valence-electron chi connectivity index (χ3n) is 1.37. The second-order valence-corrected chi connectivity index (χ2v) is 2.48. The Labute approximate surface area is 70.8 Å². The van der Waals surface area contributed by atoms with Gasteiger partial charge >= 0.3 is 0 Å². The molecule has 0 saturated heterocycles. The summed E-state index contributed by atoms with van der Waals surface area (Å²) in [6, 6.07) is 0. The first-order chi connectivity index (χ1) is 5.74. The maximum Gasteiger partial charge on any atom is 0.273 e. The molecule has 0 aliphatic heterocycles. The minimum Gasteiger partial charge on any atom is -0.351 e. The summed E-state index contributed by atoms with van der Waals surface area (Å²) in [5.41, 5.74) is 0.367. The van der Waals surface area contributed by atoms with E-state index in [1.165, 1.54) is 11.0 Å². The Bertz CT molecular complexity index is 268. The predicted molar refractivity (Wildman–Crippen MR) is 43.6 cm³/mol. The van der Waals surface area contributed by atoms with Gasteiger partial charge in [0.05, 0.1) is 6.20 Å². The van der Waals surface area contributed by atoms with Crippen LogP contribution >= 0.6 is 0 Å². The van der Waals surface area contributed by atoms with Crippen molar-refractivity contribution >= 4 is 5.91 Å². The van der Waals surface area contributed by atoms with Gasteiger partial charge in [-0.15, -0.1) is 5.10 Å². The van der Waals surface area contributed by atoms with Crippen LogP contribution in [0, 0.1) is 0 Å².